The number of piperidine rings is 1. The van der Waals surface area contributed by atoms with Crippen molar-refractivity contribution in [3.8, 4) is 11.6 Å². The van der Waals surface area contributed by atoms with Crippen LogP contribution in [0.3, 0.4) is 0 Å². The van der Waals surface area contributed by atoms with Crippen LogP contribution in [0.5, 0.6) is 5.75 Å². The first-order chi connectivity index (χ1) is 14.4. The summed E-state index contributed by atoms with van der Waals surface area (Å²) in [7, 11) is -3.59. The van der Waals surface area contributed by atoms with Gasteiger partial charge in [-0.1, -0.05) is 6.42 Å². The van der Waals surface area contributed by atoms with Gasteiger partial charge >= 0.3 is 0 Å². The van der Waals surface area contributed by atoms with Gasteiger partial charge in [0.25, 0.3) is 0 Å². The standard InChI is InChI=1S/C20H19FN4O4S/c21-15-4-6-18(26)17(10-15)20(27)14-11-23-25(13-14)19-7-5-16(12-22-19)30(28,29)24-8-2-1-3-9-24/h4-7,10-13,26H,1-3,8-9H2. The monoisotopic (exact) mass is 430 g/mol. The number of sulfonamides is 1. The number of halogens is 1. The minimum Gasteiger partial charge on any atom is -0.507 e. The lowest BCUT2D eigenvalue weighted by atomic mass is 10.1. The van der Waals surface area contributed by atoms with Crippen LogP contribution in [0.4, 0.5) is 4.39 Å². The lowest BCUT2D eigenvalue weighted by Crippen LogP contribution is -2.35. The Kier molecular flexibility index (Phi) is 5.35. The zero-order valence-corrected chi connectivity index (χ0v) is 16.7. The first-order valence-corrected chi connectivity index (χ1v) is 10.8. The number of aromatic hydroxyl groups is 1. The van der Waals surface area contributed by atoms with E-state index in [9.17, 15) is 22.7 Å². The summed E-state index contributed by atoms with van der Waals surface area (Å²) in [4.78, 5) is 16.8. The molecule has 0 spiro atoms. The first-order valence-electron chi connectivity index (χ1n) is 9.41. The highest BCUT2D eigenvalue weighted by atomic mass is 32.2. The molecular weight excluding hydrogens is 411 g/mol. The summed E-state index contributed by atoms with van der Waals surface area (Å²) in [6.45, 7) is 1.00. The molecular formula is C20H19FN4O4S. The molecule has 0 saturated carbocycles. The van der Waals surface area contributed by atoms with Gasteiger partial charge in [0.2, 0.25) is 10.0 Å². The normalized spacial score (nSPS) is 15.2. The maximum atomic E-state index is 13.4. The molecule has 4 rings (SSSR count). The third-order valence-corrected chi connectivity index (χ3v) is 6.84. The van der Waals surface area contributed by atoms with Gasteiger partial charge in [-0.3, -0.25) is 4.79 Å². The van der Waals surface area contributed by atoms with Gasteiger partial charge in [0, 0.05) is 25.5 Å². The molecule has 30 heavy (non-hydrogen) atoms. The number of pyridine rings is 1. The molecule has 0 aliphatic carbocycles. The maximum absolute atomic E-state index is 13.4. The van der Waals surface area contributed by atoms with Gasteiger partial charge in [-0.25, -0.2) is 22.5 Å². The van der Waals surface area contributed by atoms with E-state index in [0.717, 1.165) is 37.5 Å². The summed E-state index contributed by atoms with van der Waals surface area (Å²) >= 11 is 0. The van der Waals surface area contributed by atoms with Gasteiger partial charge in [0.15, 0.2) is 11.6 Å². The Morgan fingerprint density at radius 3 is 2.53 bits per heavy atom. The minimum atomic E-state index is -3.59. The fraction of sp³-hybridized carbons (Fsp3) is 0.250. The zero-order valence-electron chi connectivity index (χ0n) is 15.9. The van der Waals surface area contributed by atoms with Crippen molar-refractivity contribution in [2.45, 2.75) is 24.2 Å². The molecule has 1 aromatic carbocycles. The molecule has 8 nitrogen and oxygen atoms in total. The summed E-state index contributed by atoms with van der Waals surface area (Å²) in [5.41, 5.74) is -0.0480. The fourth-order valence-corrected chi connectivity index (χ4v) is 4.79. The van der Waals surface area contributed by atoms with Crippen LogP contribution in [0.2, 0.25) is 0 Å². The van der Waals surface area contributed by atoms with Gasteiger partial charge in [0.1, 0.15) is 16.5 Å². The Morgan fingerprint density at radius 1 is 1.07 bits per heavy atom. The van der Waals surface area contributed by atoms with Crippen molar-refractivity contribution in [3.05, 3.63) is 65.9 Å². The van der Waals surface area contributed by atoms with Crippen LogP contribution in [0.15, 0.2) is 53.8 Å². The molecule has 0 bridgehead atoms. The molecule has 1 aliphatic heterocycles. The van der Waals surface area contributed by atoms with Crippen LogP contribution >= 0.6 is 0 Å². The van der Waals surface area contributed by atoms with Gasteiger partial charge in [0.05, 0.1) is 17.3 Å². The smallest absolute Gasteiger partial charge is 0.244 e. The van der Waals surface area contributed by atoms with Crippen molar-refractivity contribution in [1.82, 2.24) is 19.1 Å². The number of phenols is 1. The average Bonchev–Trinajstić information content (AvgIpc) is 3.26. The van der Waals surface area contributed by atoms with Crippen molar-refractivity contribution in [1.29, 1.82) is 0 Å². The number of hydrogen-bond donors (Lipinski definition) is 1. The van der Waals surface area contributed by atoms with Crippen molar-refractivity contribution >= 4 is 15.8 Å². The summed E-state index contributed by atoms with van der Waals surface area (Å²) in [5.74, 6) is -1.26. The number of aromatic nitrogens is 3. The van der Waals surface area contributed by atoms with Crippen LogP contribution in [-0.4, -0.2) is 51.5 Å². The molecule has 0 unspecified atom stereocenters. The predicted octanol–water partition coefficient (Wildman–Crippen LogP) is 2.52. The van der Waals surface area contributed by atoms with E-state index in [2.05, 4.69) is 10.1 Å². The lowest BCUT2D eigenvalue weighted by Gasteiger charge is -2.25. The third-order valence-electron chi connectivity index (χ3n) is 4.96. The van der Waals surface area contributed by atoms with Gasteiger partial charge in [-0.05, 0) is 43.2 Å². The summed E-state index contributed by atoms with van der Waals surface area (Å²) in [5, 5.41) is 13.9. The number of nitrogens with zero attached hydrogens (tertiary/aromatic N) is 4. The molecule has 0 atom stereocenters. The van der Waals surface area contributed by atoms with E-state index in [1.54, 1.807) is 0 Å². The Bertz CT molecular complexity index is 1190. The highest BCUT2D eigenvalue weighted by Crippen LogP contribution is 2.23. The number of carbonyl (C=O) groups excluding carboxylic acids is 1. The summed E-state index contributed by atoms with van der Waals surface area (Å²) in [6, 6.07) is 6.06. The highest BCUT2D eigenvalue weighted by molar-refractivity contribution is 7.89. The number of rotatable bonds is 5. The number of phenolic OH excluding ortho intramolecular Hbond substituents is 1. The van der Waals surface area contributed by atoms with Crippen molar-refractivity contribution in [2.24, 2.45) is 0 Å². The van der Waals surface area contributed by atoms with E-state index in [-0.39, 0.29) is 21.8 Å². The highest BCUT2D eigenvalue weighted by Gasteiger charge is 2.26. The third kappa shape index (κ3) is 3.83. The second-order valence-corrected chi connectivity index (χ2v) is 8.92. The van der Waals surface area contributed by atoms with Gasteiger partial charge < -0.3 is 5.11 Å². The van der Waals surface area contributed by atoms with Gasteiger partial charge in [-0.15, -0.1) is 0 Å². The van der Waals surface area contributed by atoms with E-state index in [1.807, 2.05) is 0 Å². The molecule has 10 heteroatoms. The van der Waals surface area contributed by atoms with Crippen molar-refractivity contribution < 1.29 is 22.7 Å². The molecule has 1 aliphatic rings. The number of ketones is 1. The topological polar surface area (TPSA) is 105 Å². The minimum absolute atomic E-state index is 0.0984. The summed E-state index contributed by atoms with van der Waals surface area (Å²) < 4.78 is 41.6. The SMILES string of the molecule is O=C(c1cnn(-c2ccc(S(=O)(=O)N3CCCCC3)cn2)c1)c1cc(F)ccc1O. The number of benzene rings is 1. The van der Waals surface area contributed by atoms with E-state index in [1.165, 1.54) is 39.7 Å². The number of hydrogen-bond acceptors (Lipinski definition) is 6. The molecule has 0 radical (unpaired) electrons. The zero-order chi connectivity index (χ0) is 21.3. The van der Waals surface area contributed by atoms with Crippen LogP contribution < -0.4 is 0 Å². The second kappa shape index (κ2) is 7.96. The van der Waals surface area contributed by atoms with Crippen LogP contribution in [-0.2, 0) is 10.0 Å². The molecule has 1 fully saturated rings. The Hall–Kier alpha value is -3.11. The van der Waals surface area contributed by atoms with Crippen LogP contribution in [0, 0.1) is 5.82 Å². The Labute approximate surface area is 172 Å². The molecule has 3 heterocycles. The van der Waals surface area contributed by atoms with E-state index in [0.29, 0.717) is 18.9 Å². The van der Waals surface area contributed by atoms with Gasteiger partial charge in [-0.2, -0.15) is 9.40 Å². The fourth-order valence-electron chi connectivity index (χ4n) is 3.33. The van der Waals surface area contributed by atoms with Crippen LogP contribution in [0.1, 0.15) is 35.2 Å². The second-order valence-electron chi connectivity index (χ2n) is 6.98. The molecule has 156 valence electrons. The van der Waals surface area contributed by atoms with Crippen LogP contribution in [0.25, 0.3) is 5.82 Å². The maximum Gasteiger partial charge on any atom is 0.244 e. The predicted molar refractivity (Wildman–Crippen MR) is 105 cm³/mol. The van der Waals surface area contributed by atoms with Crippen molar-refractivity contribution in [2.75, 3.05) is 13.1 Å². The molecule has 1 N–H and O–H groups in total. The molecule has 2 aromatic heterocycles. The van der Waals surface area contributed by atoms with E-state index < -0.39 is 21.6 Å². The van der Waals surface area contributed by atoms with E-state index >= 15 is 0 Å². The molecule has 3 aromatic rings. The van der Waals surface area contributed by atoms with E-state index in [4.69, 9.17) is 0 Å². The average molecular weight is 430 g/mol. The Balaban J connectivity index is 1.57. The van der Waals surface area contributed by atoms with Crippen molar-refractivity contribution in [3.63, 3.8) is 0 Å². The molecule has 0 amide bonds. The quantitative estimate of drug-likeness (QED) is 0.624. The Morgan fingerprint density at radius 2 is 1.83 bits per heavy atom. The first kappa shape index (κ1) is 20.2. The largest absolute Gasteiger partial charge is 0.507 e. The molecule has 1 saturated heterocycles. The summed E-state index contributed by atoms with van der Waals surface area (Å²) in [6.07, 6.45) is 6.63. The lowest BCUT2D eigenvalue weighted by molar-refractivity contribution is 0.103. The number of carbonyl (C=O) groups is 1.